The molecule has 1 N–H and O–H groups in total. The van der Waals surface area contributed by atoms with Crippen LogP contribution in [0.15, 0.2) is 66.7 Å². The van der Waals surface area contributed by atoms with E-state index in [0.29, 0.717) is 25.4 Å². The van der Waals surface area contributed by atoms with Gasteiger partial charge in [0.1, 0.15) is 23.9 Å². The van der Waals surface area contributed by atoms with Crippen molar-refractivity contribution in [3.63, 3.8) is 0 Å². The molecule has 3 aromatic rings. The van der Waals surface area contributed by atoms with E-state index in [1.807, 2.05) is 31.2 Å². The van der Waals surface area contributed by atoms with Gasteiger partial charge in [-0.3, -0.25) is 4.79 Å². The van der Waals surface area contributed by atoms with E-state index in [-0.39, 0.29) is 24.2 Å². The molecule has 6 heteroatoms. The molecular weight excluding hydrogens is 407 g/mol. The van der Waals surface area contributed by atoms with Gasteiger partial charge in [0.2, 0.25) is 5.91 Å². The Kier molecular flexibility index (Phi) is 6.59. The lowest BCUT2D eigenvalue weighted by molar-refractivity contribution is -0.121. The van der Waals surface area contributed by atoms with Crippen molar-refractivity contribution in [2.24, 2.45) is 0 Å². The normalized spacial score (nSPS) is 15.0. The zero-order valence-electron chi connectivity index (χ0n) is 18.3. The zero-order chi connectivity index (χ0) is 22.5. The Bertz CT molecular complexity index is 1080. The number of hydrogen-bond donors (Lipinski definition) is 1. The van der Waals surface area contributed by atoms with Gasteiger partial charge in [0.15, 0.2) is 0 Å². The third-order valence-corrected chi connectivity index (χ3v) is 5.62. The van der Waals surface area contributed by atoms with E-state index in [1.165, 1.54) is 17.7 Å². The van der Waals surface area contributed by atoms with Crippen LogP contribution in [0.2, 0.25) is 0 Å². The molecule has 1 atom stereocenters. The van der Waals surface area contributed by atoms with E-state index in [0.717, 1.165) is 22.6 Å². The fourth-order valence-corrected chi connectivity index (χ4v) is 3.86. The van der Waals surface area contributed by atoms with E-state index >= 15 is 0 Å². The largest absolute Gasteiger partial charge is 0.497 e. The summed E-state index contributed by atoms with van der Waals surface area (Å²) in [6.07, 6.45) is 0.270. The second-order valence-corrected chi connectivity index (χ2v) is 8.02. The van der Waals surface area contributed by atoms with E-state index < -0.39 is 0 Å². The summed E-state index contributed by atoms with van der Waals surface area (Å²) in [6, 6.07) is 20.3. The highest BCUT2D eigenvalue weighted by Crippen LogP contribution is 2.36. The Morgan fingerprint density at radius 2 is 1.94 bits per heavy atom. The van der Waals surface area contributed by atoms with Crippen LogP contribution in [0.4, 0.5) is 10.1 Å². The fraction of sp³-hybridized carbons (Fsp3) is 0.269. The number of carbonyl (C=O) groups excluding carboxylic acids is 1. The first-order valence-electron chi connectivity index (χ1n) is 10.7. The highest BCUT2D eigenvalue weighted by Gasteiger charge is 2.29. The van der Waals surface area contributed by atoms with Crippen molar-refractivity contribution in [3.8, 4) is 11.5 Å². The van der Waals surface area contributed by atoms with Crippen molar-refractivity contribution in [2.45, 2.75) is 32.5 Å². The number of methoxy groups -OCH3 is 1. The number of carbonyl (C=O) groups is 1. The number of hydrogen-bond acceptors (Lipinski definition) is 4. The number of anilines is 1. The maximum Gasteiger partial charge on any atom is 0.222 e. The molecule has 0 saturated carbocycles. The number of fused-ring (bicyclic) bond motifs is 1. The number of nitrogens with one attached hydrogen (secondary N) is 1. The molecule has 0 bridgehead atoms. The monoisotopic (exact) mass is 434 g/mol. The third kappa shape index (κ3) is 5.19. The molecule has 0 saturated heterocycles. The summed E-state index contributed by atoms with van der Waals surface area (Å²) in [6.45, 7) is 3.39. The second-order valence-electron chi connectivity index (χ2n) is 8.02. The summed E-state index contributed by atoms with van der Waals surface area (Å²) in [4.78, 5) is 14.9. The number of rotatable bonds is 7. The van der Waals surface area contributed by atoms with Gasteiger partial charge in [-0.05, 0) is 42.3 Å². The molecular formula is C26H27FN2O3. The Morgan fingerprint density at radius 3 is 2.72 bits per heavy atom. The quantitative estimate of drug-likeness (QED) is 0.590. The number of nitrogens with zero attached hydrogens (tertiary/aromatic N) is 1. The van der Waals surface area contributed by atoms with Crippen LogP contribution in [-0.4, -0.2) is 25.7 Å². The zero-order valence-corrected chi connectivity index (χ0v) is 18.3. The molecule has 5 nitrogen and oxygen atoms in total. The van der Waals surface area contributed by atoms with Gasteiger partial charge in [0.05, 0.1) is 25.3 Å². The minimum absolute atomic E-state index is 0.0686. The van der Waals surface area contributed by atoms with Crippen LogP contribution >= 0.6 is 0 Å². The van der Waals surface area contributed by atoms with Crippen LogP contribution < -0.4 is 19.7 Å². The number of halogens is 1. The number of benzene rings is 3. The summed E-state index contributed by atoms with van der Waals surface area (Å²) in [5, 5.41) is 2.99. The highest BCUT2D eigenvalue weighted by molar-refractivity contribution is 5.77. The Morgan fingerprint density at radius 1 is 1.12 bits per heavy atom. The minimum Gasteiger partial charge on any atom is -0.497 e. The fourth-order valence-electron chi connectivity index (χ4n) is 3.86. The van der Waals surface area contributed by atoms with Crippen LogP contribution in [0.5, 0.6) is 11.5 Å². The molecule has 0 aromatic heterocycles. The standard InChI is InChI=1S/C26H27FN2O3/c1-18-6-8-19(9-7-18)16-29-22(17-32-25-13-21(27)10-11-24(25)29)14-26(30)28-15-20-4-3-5-23(12-20)31-2/h3-13,22H,14-17H2,1-2H3,(H,28,30). The first-order valence-corrected chi connectivity index (χ1v) is 10.7. The van der Waals surface area contributed by atoms with E-state index in [4.69, 9.17) is 9.47 Å². The minimum atomic E-state index is -0.339. The van der Waals surface area contributed by atoms with Gasteiger partial charge in [-0.25, -0.2) is 4.39 Å². The van der Waals surface area contributed by atoms with Crippen LogP contribution in [-0.2, 0) is 17.9 Å². The van der Waals surface area contributed by atoms with Gasteiger partial charge in [-0.1, -0.05) is 42.0 Å². The molecule has 0 fully saturated rings. The van der Waals surface area contributed by atoms with Crippen LogP contribution in [0.1, 0.15) is 23.1 Å². The Balaban J connectivity index is 1.48. The smallest absolute Gasteiger partial charge is 0.222 e. The molecule has 1 aliphatic heterocycles. The van der Waals surface area contributed by atoms with Crippen molar-refractivity contribution < 1.29 is 18.7 Å². The molecule has 1 heterocycles. The van der Waals surface area contributed by atoms with E-state index in [9.17, 15) is 9.18 Å². The summed E-state index contributed by atoms with van der Waals surface area (Å²) >= 11 is 0. The molecule has 0 aliphatic carbocycles. The number of amides is 1. The Labute approximate surface area is 187 Å². The lowest BCUT2D eigenvalue weighted by atomic mass is 10.1. The van der Waals surface area contributed by atoms with Crippen molar-refractivity contribution in [1.82, 2.24) is 5.32 Å². The second kappa shape index (κ2) is 9.73. The third-order valence-electron chi connectivity index (χ3n) is 5.62. The van der Waals surface area contributed by atoms with Crippen molar-refractivity contribution in [2.75, 3.05) is 18.6 Å². The molecule has 0 spiro atoms. The Hall–Kier alpha value is -3.54. The lowest BCUT2D eigenvalue weighted by Gasteiger charge is -2.38. The predicted octanol–water partition coefficient (Wildman–Crippen LogP) is 4.62. The van der Waals surface area contributed by atoms with Gasteiger partial charge in [-0.15, -0.1) is 0 Å². The summed E-state index contributed by atoms with van der Waals surface area (Å²) < 4.78 is 24.8. The SMILES string of the molecule is COc1cccc(CNC(=O)CC2COc3cc(F)ccc3N2Cc2ccc(C)cc2)c1. The van der Waals surface area contributed by atoms with Gasteiger partial charge in [0.25, 0.3) is 0 Å². The molecule has 1 unspecified atom stereocenters. The molecule has 0 radical (unpaired) electrons. The highest BCUT2D eigenvalue weighted by atomic mass is 19.1. The molecule has 1 amide bonds. The molecule has 1 aliphatic rings. The first kappa shape index (κ1) is 21.7. The van der Waals surface area contributed by atoms with Gasteiger partial charge >= 0.3 is 0 Å². The van der Waals surface area contributed by atoms with Crippen molar-refractivity contribution >= 4 is 11.6 Å². The molecule has 166 valence electrons. The molecule has 32 heavy (non-hydrogen) atoms. The number of aryl methyl sites for hydroxylation is 1. The topological polar surface area (TPSA) is 50.8 Å². The summed E-state index contributed by atoms with van der Waals surface area (Å²) in [7, 11) is 1.62. The lowest BCUT2D eigenvalue weighted by Crippen LogP contribution is -2.45. The van der Waals surface area contributed by atoms with Crippen LogP contribution in [0, 0.1) is 12.7 Å². The summed E-state index contributed by atoms with van der Waals surface area (Å²) in [5.74, 6) is 0.852. The van der Waals surface area contributed by atoms with Gasteiger partial charge < -0.3 is 19.7 Å². The van der Waals surface area contributed by atoms with Crippen molar-refractivity contribution in [3.05, 3.63) is 89.2 Å². The average molecular weight is 435 g/mol. The number of ether oxygens (including phenoxy) is 2. The van der Waals surface area contributed by atoms with Gasteiger partial charge in [-0.2, -0.15) is 0 Å². The van der Waals surface area contributed by atoms with Gasteiger partial charge in [0, 0.05) is 19.2 Å². The van der Waals surface area contributed by atoms with Crippen LogP contribution in [0.3, 0.4) is 0 Å². The first-order chi connectivity index (χ1) is 15.5. The summed E-state index contributed by atoms with van der Waals surface area (Å²) in [5.41, 5.74) is 4.07. The van der Waals surface area contributed by atoms with Crippen molar-refractivity contribution in [1.29, 1.82) is 0 Å². The van der Waals surface area contributed by atoms with Crippen LogP contribution in [0.25, 0.3) is 0 Å². The molecule has 3 aromatic carbocycles. The maximum atomic E-state index is 13.7. The maximum absolute atomic E-state index is 13.7. The molecule has 4 rings (SSSR count). The van der Waals surface area contributed by atoms with E-state index in [1.54, 1.807) is 13.2 Å². The predicted molar refractivity (Wildman–Crippen MR) is 123 cm³/mol. The van der Waals surface area contributed by atoms with E-state index in [2.05, 4.69) is 34.5 Å². The average Bonchev–Trinajstić information content (AvgIpc) is 2.80.